The molecular weight excluding hydrogens is 320 g/mol. The highest BCUT2D eigenvalue weighted by Gasteiger charge is 2.14. The van der Waals surface area contributed by atoms with Gasteiger partial charge in [0, 0.05) is 23.9 Å². The van der Waals surface area contributed by atoms with Gasteiger partial charge in [-0.15, -0.1) is 0 Å². The van der Waals surface area contributed by atoms with Gasteiger partial charge in [0.15, 0.2) is 17.1 Å². The first-order valence-electron chi connectivity index (χ1n) is 7.86. The van der Waals surface area contributed by atoms with Crippen LogP contribution in [0.4, 0.5) is 5.82 Å². The molecule has 1 N–H and O–H groups in total. The van der Waals surface area contributed by atoms with Gasteiger partial charge >= 0.3 is 0 Å². The lowest BCUT2D eigenvalue weighted by atomic mass is 10.2. The molecule has 4 aromatic rings. The van der Waals surface area contributed by atoms with Crippen LogP contribution in [0.15, 0.2) is 59.7 Å². The maximum Gasteiger partial charge on any atom is 0.231 e. The number of hydrogen-bond acceptors (Lipinski definition) is 6. The Labute approximate surface area is 142 Å². The van der Waals surface area contributed by atoms with Gasteiger partial charge in [0.1, 0.15) is 5.82 Å². The summed E-state index contributed by atoms with van der Waals surface area (Å²) in [5.41, 5.74) is 3.75. The van der Waals surface area contributed by atoms with Gasteiger partial charge in [-0.25, -0.2) is 4.98 Å². The van der Waals surface area contributed by atoms with Crippen LogP contribution in [0.3, 0.4) is 0 Å². The Morgan fingerprint density at radius 1 is 1.12 bits per heavy atom. The Kier molecular flexibility index (Phi) is 3.09. The lowest BCUT2D eigenvalue weighted by molar-refractivity contribution is 0.174. The molecule has 0 radical (unpaired) electrons. The van der Waals surface area contributed by atoms with E-state index < -0.39 is 0 Å². The molecule has 0 saturated carbocycles. The minimum Gasteiger partial charge on any atom is -0.472 e. The van der Waals surface area contributed by atoms with Gasteiger partial charge in [-0.1, -0.05) is 6.07 Å². The van der Waals surface area contributed by atoms with Crippen molar-refractivity contribution in [3.05, 3.63) is 60.8 Å². The van der Waals surface area contributed by atoms with E-state index in [0.717, 1.165) is 39.7 Å². The molecule has 3 aromatic heterocycles. The fourth-order valence-corrected chi connectivity index (χ4v) is 2.89. The van der Waals surface area contributed by atoms with Crippen molar-refractivity contribution in [1.29, 1.82) is 0 Å². The summed E-state index contributed by atoms with van der Waals surface area (Å²) < 4.78 is 17.7. The monoisotopic (exact) mass is 334 g/mol. The van der Waals surface area contributed by atoms with Gasteiger partial charge in [-0.3, -0.25) is 0 Å². The second kappa shape index (κ2) is 5.55. The van der Waals surface area contributed by atoms with Gasteiger partial charge in [0.2, 0.25) is 6.79 Å². The van der Waals surface area contributed by atoms with Crippen molar-refractivity contribution in [2.24, 2.45) is 0 Å². The van der Waals surface area contributed by atoms with Crippen LogP contribution < -0.4 is 14.8 Å². The molecule has 4 heterocycles. The van der Waals surface area contributed by atoms with Crippen molar-refractivity contribution in [2.75, 3.05) is 12.1 Å². The highest BCUT2D eigenvalue weighted by atomic mass is 16.7. The van der Waals surface area contributed by atoms with E-state index in [1.807, 2.05) is 30.3 Å². The standard InChI is InChI=1S/C18H14N4O3/c1-2-15-16(25-11-24-15)7-12(1)8-20-17-3-5-19-18-14(9-21-22(17)18)13-4-6-23-10-13/h1-7,9-10,20H,8,11H2. The highest BCUT2D eigenvalue weighted by molar-refractivity contribution is 5.77. The molecule has 0 fully saturated rings. The minimum absolute atomic E-state index is 0.279. The smallest absolute Gasteiger partial charge is 0.231 e. The molecule has 0 atom stereocenters. The van der Waals surface area contributed by atoms with Gasteiger partial charge in [-0.05, 0) is 29.8 Å². The quantitative estimate of drug-likeness (QED) is 0.617. The van der Waals surface area contributed by atoms with Crippen LogP contribution in [0.2, 0.25) is 0 Å². The number of anilines is 1. The van der Waals surface area contributed by atoms with Gasteiger partial charge in [0.25, 0.3) is 0 Å². The number of aromatic nitrogens is 3. The third-order valence-electron chi connectivity index (χ3n) is 4.14. The number of nitrogens with one attached hydrogen (secondary N) is 1. The van der Waals surface area contributed by atoms with Crippen LogP contribution >= 0.6 is 0 Å². The van der Waals surface area contributed by atoms with Crippen LogP contribution in [0, 0.1) is 0 Å². The van der Waals surface area contributed by atoms with Crippen LogP contribution in [0.1, 0.15) is 5.56 Å². The molecule has 0 amide bonds. The lowest BCUT2D eigenvalue weighted by Gasteiger charge is -2.09. The number of furan rings is 1. The highest BCUT2D eigenvalue weighted by Crippen LogP contribution is 2.32. The molecule has 0 bridgehead atoms. The van der Waals surface area contributed by atoms with Crippen LogP contribution in [0.25, 0.3) is 16.8 Å². The molecule has 7 nitrogen and oxygen atoms in total. The van der Waals surface area contributed by atoms with E-state index in [9.17, 15) is 0 Å². The maximum absolute atomic E-state index is 5.42. The summed E-state index contributed by atoms with van der Waals surface area (Å²) in [5.74, 6) is 2.42. The molecule has 1 aliphatic rings. The van der Waals surface area contributed by atoms with E-state index in [4.69, 9.17) is 13.9 Å². The molecule has 124 valence electrons. The van der Waals surface area contributed by atoms with E-state index in [0.29, 0.717) is 6.54 Å². The van der Waals surface area contributed by atoms with Gasteiger partial charge in [0.05, 0.1) is 18.7 Å². The predicted molar refractivity (Wildman–Crippen MR) is 90.6 cm³/mol. The third kappa shape index (κ3) is 2.37. The Morgan fingerprint density at radius 3 is 3.00 bits per heavy atom. The van der Waals surface area contributed by atoms with E-state index in [-0.39, 0.29) is 6.79 Å². The second-order valence-corrected chi connectivity index (χ2v) is 5.68. The molecule has 1 aromatic carbocycles. The Hall–Kier alpha value is -3.48. The molecule has 1 aliphatic heterocycles. The number of rotatable bonds is 4. The van der Waals surface area contributed by atoms with Gasteiger partial charge in [-0.2, -0.15) is 9.61 Å². The van der Waals surface area contributed by atoms with Crippen molar-refractivity contribution < 1.29 is 13.9 Å². The number of ether oxygens (including phenoxy) is 2. The van der Waals surface area contributed by atoms with Crippen molar-refractivity contribution in [3.8, 4) is 22.6 Å². The second-order valence-electron chi connectivity index (χ2n) is 5.68. The summed E-state index contributed by atoms with van der Waals surface area (Å²) in [6.45, 7) is 0.915. The number of hydrogen-bond donors (Lipinski definition) is 1. The lowest BCUT2D eigenvalue weighted by Crippen LogP contribution is -2.05. The molecule has 0 aliphatic carbocycles. The van der Waals surface area contributed by atoms with Crippen molar-refractivity contribution >= 4 is 11.5 Å². The third-order valence-corrected chi connectivity index (χ3v) is 4.14. The van der Waals surface area contributed by atoms with E-state index >= 15 is 0 Å². The Balaban J connectivity index is 1.43. The zero-order chi connectivity index (χ0) is 16.6. The summed E-state index contributed by atoms with van der Waals surface area (Å²) in [4.78, 5) is 4.44. The fraction of sp³-hybridized carbons (Fsp3) is 0.111. The topological polar surface area (TPSA) is 73.8 Å². The van der Waals surface area contributed by atoms with Crippen LogP contribution in [-0.2, 0) is 6.54 Å². The van der Waals surface area contributed by atoms with E-state index in [2.05, 4.69) is 15.4 Å². The number of fused-ring (bicyclic) bond motifs is 2. The Morgan fingerprint density at radius 2 is 2.08 bits per heavy atom. The van der Waals surface area contributed by atoms with Crippen LogP contribution in [-0.4, -0.2) is 21.4 Å². The largest absolute Gasteiger partial charge is 0.472 e. The summed E-state index contributed by atoms with van der Waals surface area (Å²) in [6, 6.07) is 9.70. The predicted octanol–water partition coefficient (Wildman–Crippen LogP) is 3.33. The first kappa shape index (κ1) is 13.9. The molecule has 0 unspecified atom stereocenters. The molecule has 0 saturated heterocycles. The van der Waals surface area contributed by atoms with E-state index in [1.165, 1.54) is 0 Å². The summed E-state index contributed by atoms with van der Waals surface area (Å²) in [5, 5.41) is 7.84. The molecule has 5 rings (SSSR count). The summed E-state index contributed by atoms with van der Waals surface area (Å²) in [6.07, 6.45) is 6.88. The maximum atomic E-state index is 5.42. The van der Waals surface area contributed by atoms with Crippen molar-refractivity contribution in [2.45, 2.75) is 6.54 Å². The summed E-state index contributed by atoms with van der Waals surface area (Å²) in [7, 11) is 0. The first-order valence-corrected chi connectivity index (χ1v) is 7.86. The van der Waals surface area contributed by atoms with E-state index in [1.54, 1.807) is 29.4 Å². The molecule has 0 spiro atoms. The molecule has 7 heteroatoms. The molecular formula is C18H14N4O3. The SMILES string of the molecule is c1cc(NCc2ccc3c(c2)OCO3)n2ncc(-c3ccoc3)c2n1. The number of benzene rings is 1. The number of nitrogens with zero attached hydrogens (tertiary/aromatic N) is 3. The molecule has 25 heavy (non-hydrogen) atoms. The fourth-order valence-electron chi connectivity index (χ4n) is 2.89. The average molecular weight is 334 g/mol. The van der Waals surface area contributed by atoms with Crippen LogP contribution in [0.5, 0.6) is 11.5 Å². The van der Waals surface area contributed by atoms with Crippen molar-refractivity contribution in [3.63, 3.8) is 0 Å². The normalized spacial score (nSPS) is 12.6. The van der Waals surface area contributed by atoms with Gasteiger partial charge < -0.3 is 19.2 Å². The summed E-state index contributed by atoms with van der Waals surface area (Å²) >= 11 is 0. The van der Waals surface area contributed by atoms with Crippen molar-refractivity contribution in [1.82, 2.24) is 14.6 Å². The zero-order valence-electron chi connectivity index (χ0n) is 13.2. The zero-order valence-corrected chi connectivity index (χ0v) is 13.2. The first-order chi connectivity index (χ1) is 12.4. The average Bonchev–Trinajstić information content (AvgIpc) is 3.38. The minimum atomic E-state index is 0.279. The Bertz CT molecular complexity index is 1040.